The molecule has 4 atom stereocenters. The minimum atomic E-state index is 0.194. The second-order valence-electron chi connectivity index (χ2n) is 6.16. The summed E-state index contributed by atoms with van der Waals surface area (Å²) < 4.78 is 0. The van der Waals surface area contributed by atoms with Gasteiger partial charge in [0.15, 0.2) is 0 Å². The van der Waals surface area contributed by atoms with Gasteiger partial charge in [0.1, 0.15) is 0 Å². The molecule has 2 saturated carbocycles. The average Bonchev–Trinajstić information content (AvgIpc) is 2.96. The maximum absolute atomic E-state index is 12.1. The Morgan fingerprint density at radius 3 is 2.56 bits per heavy atom. The van der Waals surface area contributed by atoms with E-state index in [4.69, 9.17) is 0 Å². The van der Waals surface area contributed by atoms with Gasteiger partial charge in [0, 0.05) is 25.0 Å². The molecule has 0 saturated heterocycles. The van der Waals surface area contributed by atoms with Crippen LogP contribution in [0.5, 0.6) is 0 Å². The predicted octanol–water partition coefficient (Wildman–Crippen LogP) is 2.34. The molecule has 0 spiro atoms. The van der Waals surface area contributed by atoms with Gasteiger partial charge in [-0.3, -0.25) is 4.79 Å². The number of aliphatic hydroxyl groups is 1. The molecule has 3 heteroatoms. The number of nitrogens with one attached hydrogen (secondary N) is 1. The molecule has 18 heavy (non-hydrogen) atoms. The summed E-state index contributed by atoms with van der Waals surface area (Å²) in [5.41, 5.74) is 0. The maximum Gasteiger partial charge on any atom is 0.220 e. The summed E-state index contributed by atoms with van der Waals surface area (Å²) in [6.07, 6.45) is 6.49. The predicted molar refractivity (Wildman–Crippen MR) is 72.0 cm³/mol. The van der Waals surface area contributed by atoms with Crippen molar-refractivity contribution in [3.05, 3.63) is 0 Å². The number of carbonyl (C=O) groups excluding carboxylic acids is 1. The van der Waals surface area contributed by atoms with Gasteiger partial charge in [-0.2, -0.15) is 0 Å². The van der Waals surface area contributed by atoms with Crippen LogP contribution in [-0.4, -0.2) is 23.7 Å². The molecule has 2 bridgehead atoms. The zero-order chi connectivity index (χ0) is 13.1. The Labute approximate surface area is 110 Å². The molecule has 0 aliphatic heterocycles. The van der Waals surface area contributed by atoms with Crippen molar-refractivity contribution in [1.29, 1.82) is 0 Å². The molecule has 4 unspecified atom stereocenters. The van der Waals surface area contributed by atoms with Gasteiger partial charge in [-0.1, -0.05) is 26.7 Å². The highest BCUT2D eigenvalue weighted by atomic mass is 16.3. The molecular formula is C15H27NO2. The first kappa shape index (κ1) is 13.9. The van der Waals surface area contributed by atoms with Crippen molar-refractivity contribution in [3.63, 3.8) is 0 Å². The average molecular weight is 253 g/mol. The molecule has 0 aromatic heterocycles. The van der Waals surface area contributed by atoms with Crippen LogP contribution in [0.4, 0.5) is 0 Å². The van der Waals surface area contributed by atoms with Crippen LogP contribution in [0.15, 0.2) is 0 Å². The summed E-state index contributed by atoms with van der Waals surface area (Å²) in [5, 5.41) is 12.7. The van der Waals surface area contributed by atoms with Gasteiger partial charge < -0.3 is 10.4 Å². The van der Waals surface area contributed by atoms with Crippen LogP contribution in [-0.2, 0) is 4.79 Å². The fourth-order valence-corrected chi connectivity index (χ4v) is 3.98. The van der Waals surface area contributed by atoms with E-state index in [2.05, 4.69) is 19.2 Å². The third kappa shape index (κ3) is 2.71. The molecule has 2 fully saturated rings. The third-order valence-electron chi connectivity index (χ3n) is 5.26. The number of rotatable bonds is 6. The molecular weight excluding hydrogens is 226 g/mol. The van der Waals surface area contributed by atoms with E-state index >= 15 is 0 Å². The fourth-order valence-electron chi connectivity index (χ4n) is 3.98. The van der Waals surface area contributed by atoms with Crippen molar-refractivity contribution >= 4 is 5.91 Å². The van der Waals surface area contributed by atoms with Crippen molar-refractivity contribution in [2.75, 3.05) is 6.61 Å². The summed E-state index contributed by atoms with van der Waals surface area (Å²) in [5.74, 6) is 2.29. The van der Waals surface area contributed by atoms with Crippen molar-refractivity contribution in [3.8, 4) is 0 Å². The Balaban J connectivity index is 1.87. The lowest BCUT2D eigenvalue weighted by molar-refractivity contribution is -0.123. The molecule has 2 rings (SSSR count). The Morgan fingerprint density at radius 2 is 1.94 bits per heavy atom. The van der Waals surface area contributed by atoms with Crippen LogP contribution in [0.1, 0.15) is 52.4 Å². The van der Waals surface area contributed by atoms with E-state index in [0.717, 1.165) is 12.8 Å². The Kier molecular flexibility index (Phi) is 4.66. The first-order chi connectivity index (χ1) is 8.69. The number of amides is 1. The van der Waals surface area contributed by atoms with Gasteiger partial charge in [0.2, 0.25) is 5.91 Å². The normalized spacial score (nSPS) is 34.2. The third-order valence-corrected chi connectivity index (χ3v) is 5.26. The van der Waals surface area contributed by atoms with Crippen molar-refractivity contribution in [2.24, 2.45) is 23.7 Å². The smallest absolute Gasteiger partial charge is 0.220 e. The van der Waals surface area contributed by atoms with Crippen LogP contribution in [0.3, 0.4) is 0 Å². The van der Waals surface area contributed by atoms with Crippen LogP contribution in [0.2, 0.25) is 0 Å². The van der Waals surface area contributed by atoms with Gasteiger partial charge >= 0.3 is 0 Å². The Hall–Kier alpha value is -0.570. The number of hydrogen-bond acceptors (Lipinski definition) is 2. The molecule has 0 aromatic rings. The second-order valence-corrected chi connectivity index (χ2v) is 6.16. The highest BCUT2D eigenvalue weighted by Gasteiger charge is 2.47. The second kappa shape index (κ2) is 6.05. The largest absolute Gasteiger partial charge is 0.396 e. The van der Waals surface area contributed by atoms with Gasteiger partial charge in [0.05, 0.1) is 0 Å². The Morgan fingerprint density at radius 1 is 1.28 bits per heavy atom. The van der Waals surface area contributed by atoms with Gasteiger partial charge in [-0.25, -0.2) is 0 Å². The molecule has 2 aliphatic carbocycles. The van der Waals surface area contributed by atoms with E-state index in [1.54, 1.807) is 0 Å². The lowest BCUT2D eigenvalue weighted by Crippen LogP contribution is -2.45. The summed E-state index contributed by atoms with van der Waals surface area (Å²) in [6.45, 7) is 4.53. The van der Waals surface area contributed by atoms with Crippen molar-refractivity contribution in [2.45, 2.75) is 58.4 Å². The minimum Gasteiger partial charge on any atom is -0.396 e. The molecule has 1 amide bonds. The Bertz CT molecular complexity index is 288. The number of hydrogen-bond donors (Lipinski definition) is 2. The van der Waals surface area contributed by atoms with E-state index in [1.165, 1.54) is 19.3 Å². The molecule has 0 heterocycles. The topological polar surface area (TPSA) is 49.3 Å². The molecule has 0 radical (unpaired) electrons. The van der Waals surface area contributed by atoms with E-state index in [1.807, 2.05) is 0 Å². The highest BCUT2D eigenvalue weighted by Crippen LogP contribution is 2.48. The number of carbonyl (C=O) groups is 1. The molecule has 2 aliphatic rings. The van der Waals surface area contributed by atoms with Gasteiger partial charge in [-0.05, 0) is 37.0 Å². The first-order valence-corrected chi connectivity index (χ1v) is 7.59. The van der Waals surface area contributed by atoms with Crippen molar-refractivity contribution < 1.29 is 9.90 Å². The lowest BCUT2D eigenvalue weighted by atomic mass is 9.84. The highest BCUT2D eigenvalue weighted by molar-refractivity contribution is 5.76. The summed E-state index contributed by atoms with van der Waals surface area (Å²) in [7, 11) is 0. The molecule has 3 nitrogen and oxygen atoms in total. The van der Waals surface area contributed by atoms with E-state index in [-0.39, 0.29) is 18.6 Å². The number of aliphatic hydroxyl groups excluding tert-OH is 1. The monoisotopic (exact) mass is 253 g/mol. The van der Waals surface area contributed by atoms with Gasteiger partial charge in [-0.15, -0.1) is 0 Å². The van der Waals surface area contributed by atoms with E-state index in [9.17, 15) is 9.90 Å². The number of fused-ring (bicyclic) bond motifs is 2. The van der Waals surface area contributed by atoms with Gasteiger partial charge in [0.25, 0.3) is 0 Å². The summed E-state index contributed by atoms with van der Waals surface area (Å²) >= 11 is 0. The van der Waals surface area contributed by atoms with Crippen LogP contribution < -0.4 is 5.32 Å². The summed E-state index contributed by atoms with van der Waals surface area (Å²) in [6, 6.07) is 0.246. The molecule has 0 aromatic carbocycles. The molecule has 104 valence electrons. The first-order valence-electron chi connectivity index (χ1n) is 7.59. The van der Waals surface area contributed by atoms with Crippen molar-refractivity contribution in [1.82, 2.24) is 5.32 Å². The van der Waals surface area contributed by atoms with Crippen LogP contribution in [0, 0.1) is 23.7 Å². The zero-order valence-electron chi connectivity index (χ0n) is 11.7. The van der Waals surface area contributed by atoms with Crippen LogP contribution in [0.25, 0.3) is 0 Å². The fraction of sp³-hybridized carbons (Fsp3) is 0.933. The lowest BCUT2D eigenvalue weighted by Gasteiger charge is -2.30. The van der Waals surface area contributed by atoms with Crippen LogP contribution >= 0.6 is 0 Å². The minimum absolute atomic E-state index is 0.194. The summed E-state index contributed by atoms with van der Waals surface area (Å²) in [4.78, 5) is 12.1. The van der Waals surface area contributed by atoms with E-state index < -0.39 is 0 Å². The SMILES string of the molecule is CCC(CC)CC(=O)NC1C2CCC(C2)C1CO. The zero-order valence-corrected chi connectivity index (χ0v) is 11.7. The van der Waals surface area contributed by atoms with E-state index in [0.29, 0.717) is 30.1 Å². The molecule has 2 N–H and O–H groups in total. The quantitative estimate of drug-likeness (QED) is 0.763. The standard InChI is InChI=1S/C15H27NO2/c1-3-10(4-2)7-14(18)16-15-12-6-5-11(8-12)13(15)9-17/h10-13,15,17H,3-9H2,1-2H3,(H,16,18). The maximum atomic E-state index is 12.1.